The number of allylic oxidation sites excluding steroid dienone is 8. The van der Waals surface area contributed by atoms with Crippen LogP contribution in [0.4, 0.5) is 34.1 Å². The average molecular weight is 963 g/mol. The Morgan fingerprint density at radius 1 is 0.387 bits per heavy atom. The summed E-state index contributed by atoms with van der Waals surface area (Å²) in [6.07, 6.45) is 15.5. The summed E-state index contributed by atoms with van der Waals surface area (Å²) in [5.74, 6) is 0. The lowest BCUT2D eigenvalue weighted by Crippen LogP contribution is -2.29. The quantitative estimate of drug-likeness (QED) is 0.106. The smallest absolute Gasteiger partial charge is 0.0715 e. The largest absolute Gasteiger partial charge is 0.310 e. The molecule has 0 N–H and O–H groups in total. The van der Waals surface area contributed by atoms with Crippen LogP contribution in [0.3, 0.4) is 0 Å². The molecule has 0 amide bonds. The van der Waals surface area contributed by atoms with Crippen LogP contribution in [0, 0.1) is 0 Å². The Kier molecular flexibility index (Phi) is 12.9. The van der Waals surface area contributed by atoms with Crippen LogP contribution in [0.15, 0.2) is 291 Å². The predicted molar refractivity (Wildman–Crippen MR) is 319 cm³/mol. The van der Waals surface area contributed by atoms with Crippen LogP contribution in [-0.2, 0) is 5.41 Å². The third-order valence-corrected chi connectivity index (χ3v) is 15.1. The first-order valence-corrected chi connectivity index (χ1v) is 26.3. The number of nitrogens with zero attached hydrogens (tertiary/aromatic N) is 2. The number of rotatable bonds is 13. The number of benzene rings is 10. The molecular formula is C73H58N2. The highest BCUT2D eigenvalue weighted by Crippen LogP contribution is 2.57. The Hall–Kier alpha value is -9.24. The summed E-state index contributed by atoms with van der Waals surface area (Å²) in [7, 11) is 0. The maximum atomic E-state index is 2.44. The van der Waals surface area contributed by atoms with Gasteiger partial charge in [-0.05, 0) is 177 Å². The molecule has 2 aliphatic carbocycles. The molecule has 12 rings (SSSR count). The minimum absolute atomic E-state index is 0.675. The molecule has 0 saturated heterocycles. The highest BCUT2D eigenvalue weighted by Gasteiger charge is 2.46. The average Bonchev–Trinajstić information content (AvgIpc) is 3.81. The lowest BCUT2D eigenvalue weighted by atomic mass is 9.67. The Balaban J connectivity index is 1.04. The van der Waals surface area contributed by atoms with Crippen molar-refractivity contribution in [1.29, 1.82) is 0 Å². The summed E-state index contributed by atoms with van der Waals surface area (Å²) < 4.78 is 0. The fraction of sp³-hybridized carbons (Fsp3) is 0.0685. The zero-order valence-corrected chi connectivity index (χ0v) is 42.5. The van der Waals surface area contributed by atoms with Crippen molar-refractivity contribution in [2.75, 3.05) is 9.80 Å². The second-order valence-electron chi connectivity index (χ2n) is 19.4. The van der Waals surface area contributed by atoms with Gasteiger partial charge < -0.3 is 9.80 Å². The molecule has 0 spiro atoms. The molecule has 0 fully saturated rings. The van der Waals surface area contributed by atoms with Crippen molar-refractivity contribution in [3.05, 3.63) is 325 Å². The standard InChI is InChI=1S/C73H58N2/c1-3-20-53(4-2)57-35-43-63(44-36-57)74(64-45-37-58(38-46-64)54-21-8-5-9-22-54)67-29-18-27-61(51-67)73(71-33-16-14-31-69(71)70-32-15-17-34-72(70)73)62-28-19-30-68(52-62)75(65-47-39-59(40-48-65)55-23-10-6-11-24-55)66-49-41-60(42-50-66)56-25-12-7-13-26-56/h3-4,6-8,10-52H,5,9H2,1-2H3/b20-3-,53-4+. The number of hydrogen-bond donors (Lipinski definition) is 0. The van der Waals surface area contributed by atoms with Crippen molar-refractivity contribution >= 4 is 45.3 Å². The van der Waals surface area contributed by atoms with E-state index in [0.717, 1.165) is 47.0 Å². The van der Waals surface area contributed by atoms with Crippen molar-refractivity contribution in [2.24, 2.45) is 0 Å². The van der Waals surface area contributed by atoms with E-state index in [1.165, 1.54) is 77.9 Å². The molecule has 0 radical (unpaired) electrons. The van der Waals surface area contributed by atoms with Gasteiger partial charge in [0.15, 0.2) is 0 Å². The second kappa shape index (κ2) is 20.7. The van der Waals surface area contributed by atoms with Crippen LogP contribution in [0.25, 0.3) is 44.5 Å². The van der Waals surface area contributed by atoms with Gasteiger partial charge in [0.2, 0.25) is 0 Å². The summed E-state index contributed by atoms with van der Waals surface area (Å²) in [4.78, 5) is 4.83. The van der Waals surface area contributed by atoms with E-state index in [2.05, 4.69) is 315 Å². The summed E-state index contributed by atoms with van der Waals surface area (Å²) in [6, 6.07) is 94.1. The monoisotopic (exact) mass is 962 g/mol. The van der Waals surface area contributed by atoms with Gasteiger partial charge in [-0.15, -0.1) is 0 Å². The van der Waals surface area contributed by atoms with E-state index >= 15 is 0 Å². The topological polar surface area (TPSA) is 6.48 Å². The fourth-order valence-corrected chi connectivity index (χ4v) is 11.5. The minimum Gasteiger partial charge on any atom is -0.310 e. The molecule has 75 heavy (non-hydrogen) atoms. The van der Waals surface area contributed by atoms with Crippen molar-refractivity contribution < 1.29 is 0 Å². The minimum atomic E-state index is -0.675. The summed E-state index contributed by atoms with van der Waals surface area (Å²) in [5.41, 5.74) is 22.9. The first-order chi connectivity index (χ1) is 37.1. The van der Waals surface area contributed by atoms with Crippen molar-refractivity contribution in [2.45, 2.75) is 32.1 Å². The van der Waals surface area contributed by atoms with Crippen LogP contribution in [0.2, 0.25) is 0 Å². The van der Waals surface area contributed by atoms with E-state index in [-0.39, 0.29) is 0 Å². The molecule has 0 heterocycles. The van der Waals surface area contributed by atoms with Crippen LogP contribution >= 0.6 is 0 Å². The number of hydrogen-bond acceptors (Lipinski definition) is 2. The molecule has 2 heteroatoms. The second-order valence-corrected chi connectivity index (χ2v) is 19.4. The van der Waals surface area contributed by atoms with Gasteiger partial charge in [0.25, 0.3) is 0 Å². The van der Waals surface area contributed by atoms with Crippen LogP contribution in [0.1, 0.15) is 60.1 Å². The Bertz CT molecular complexity index is 3570. The van der Waals surface area contributed by atoms with Gasteiger partial charge in [0.1, 0.15) is 0 Å². The van der Waals surface area contributed by atoms with E-state index < -0.39 is 5.41 Å². The van der Waals surface area contributed by atoms with Gasteiger partial charge in [-0.3, -0.25) is 0 Å². The molecule has 0 aromatic heterocycles. The molecule has 2 aliphatic rings. The number of anilines is 6. The highest BCUT2D eigenvalue weighted by atomic mass is 15.1. The maximum Gasteiger partial charge on any atom is 0.0715 e. The normalized spacial score (nSPS) is 13.5. The SMILES string of the molecule is C/C=C\C(=C/C)c1ccc(N(c2ccc(C3=CCCC=C3)cc2)c2cccc(C3(c4cccc(N(c5ccc(-c6ccccc6)cc5)c5ccc(-c6ccccc6)cc5)c4)c4ccccc4-c4ccccc43)c2)cc1. The van der Waals surface area contributed by atoms with Gasteiger partial charge in [-0.2, -0.15) is 0 Å². The van der Waals surface area contributed by atoms with E-state index in [1.54, 1.807) is 0 Å². The molecule has 0 unspecified atom stereocenters. The molecule has 360 valence electrons. The van der Waals surface area contributed by atoms with E-state index in [9.17, 15) is 0 Å². The summed E-state index contributed by atoms with van der Waals surface area (Å²) >= 11 is 0. The molecule has 0 atom stereocenters. The maximum absolute atomic E-state index is 2.44. The molecule has 10 aromatic rings. The summed E-state index contributed by atoms with van der Waals surface area (Å²) in [6.45, 7) is 4.18. The van der Waals surface area contributed by atoms with Crippen molar-refractivity contribution in [3.63, 3.8) is 0 Å². The third-order valence-electron chi connectivity index (χ3n) is 15.1. The van der Waals surface area contributed by atoms with E-state index in [4.69, 9.17) is 0 Å². The molecule has 0 aliphatic heterocycles. The summed E-state index contributed by atoms with van der Waals surface area (Å²) in [5, 5.41) is 0. The lowest BCUT2D eigenvalue weighted by Gasteiger charge is -2.36. The van der Waals surface area contributed by atoms with Crippen LogP contribution in [0.5, 0.6) is 0 Å². The molecule has 2 nitrogen and oxygen atoms in total. The van der Waals surface area contributed by atoms with Gasteiger partial charge in [0, 0.05) is 34.1 Å². The Labute approximate surface area is 442 Å². The zero-order chi connectivity index (χ0) is 50.6. The Morgan fingerprint density at radius 3 is 1.25 bits per heavy atom. The first kappa shape index (κ1) is 46.8. The van der Waals surface area contributed by atoms with Crippen molar-refractivity contribution in [3.8, 4) is 33.4 Å². The Morgan fingerprint density at radius 2 is 0.813 bits per heavy atom. The number of fused-ring (bicyclic) bond motifs is 3. The lowest BCUT2D eigenvalue weighted by molar-refractivity contribution is 0.768. The molecule has 0 bridgehead atoms. The van der Waals surface area contributed by atoms with Gasteiger partial charge in [-0.25, -0.2) is 0 Å². The van der Waals surface area contributed by atoms with Gasteiger partial charge in [-0.1, -0.05) is 218 Å². The fourth-order valence-electron chi connectivity index (χ4n) is 11.5. The van der Waals surface area contributed by atoms with Crippen LogP contribution in [-0.4, -0.2) is 0 Å². The van der Waals surface area contributed by atoms with E-state index in [1.807, 2.05) is 0 Å². The zero-order valence-electron chi connectivity index (χ0n) is 42.5. The predicted octanol–water partition coefficient (Wildman–Crippen LogP) is 20.0. The van der Waals surface area contributed by atoms with Gasteiger partial charge in [0.05, 0.1) is 5.41 Å². The van der Waals surface area contributed by atoms with Crippen LogP contribution < -0.4 is 9.80 Å². The first-order valence-electron chi connectivity index (χ1n) is 26.3. The molecule has 10 aromatic carbocycles. The van der Waals surface area contributed by atoms with Crippen molar-refractivity contribution in [1.82, 2.24) is 0 Å². The highest BCUT2D eigenvalue weighted by molar-refractivity contribution is 5.89. The third kappa shape index (κ3) is 8.85. The molecule has 0 saturated carbocycles. The van der Waals surface area contributed by atoms with E-state index in [0.29, 0.717) is 0 Å². The van der Waals surface area contributed by atoms with Gasteiger partial charge >= 0.3 is 0 Å². The molecular weight excluding hydrogens is 905 g/mol.